The van der Waals surface area contributed by atoms with Gasteiger partial charge in [-0.25, -0.2) is 0 Å². The number of carbonyl (C=O) groups is 1. The Morgan fingerprint density at radius 1 is 1.50 bits per heavy atom. The molecule has 94 valence electrons. The van der Waals surface area contributed by atoms with Gasteiger partial charge in [-0.1, -0.05) is 27.2 Å². The summed E-state index contributed by atoms with van der Waals surface area (Å²) in [5, 5.41) is 10.6. The van der Waals surface area contributed by atoms with Crippen molar-refractivity contribution in [2.45, 2.75) is 59.0 Å². The van der Waals surface area contributed by atoms with E-state index in [2.05, 4.69) is 20.8 Å². The average Bonchev–Trinajstić information content (AvgIpc) is 2.14. The molecule has 1 aliphatic carbocycles. The molecule has 0 saturated heterocycles. The molecule has 1 saturated carbocycles. The second kappa shape index (κ2) is 4.74. The summed E-state index contributed by atoms with van der Waals surface area (Å²) in [7, 11) is 0. The van der Waals surface area contributed by atoms with Gasteiger partial charge in [-0.15, -0.1) is 0 Å². The maximum absolute atomic E-state index is 10.9. The van der Waals surface area contributed by atoms with E-state index < -0.39 is 5.60 Å². The first kappa shape index (κ1) is 13.5. The number of rotatable bonds is 3. The van der Waals surface area contributed by atoms with Gasteiger partial charge >= 0.3 is 5.97 Å². The van der Waals surface area contributed by atoms with Crippen LogP contribution in [0.3, 0.4) is 0 Å². The Labute approximate surface area is 98.2 Å². The molecule has 0 aromatic rings. The molecule has 3 heteroatoms. The van der Waals surface area contributed by atoms with Crippen molar-refractivity contribution < 1.29 is 14.6 Å². The minimum Gasteiger partial charge on any atom is -0.463 e. The molecule has 1 rings (SSSR count). The van der Waals surface area contributed by atoms with Gasteiger partial charge in [-0.3, -0.25) is 4.79 Å². The van der Waals surface area contributed by atoms with Gasteiger partial charge in [0.1, 0.15) is 12.2 Å². The SMILES string of the molecule is CC[C@@H]1CCC(C)(C)CC1(O)COC(C)=O. The molecule has 0 heterocycles. The molecule has 0 bridgehead atoms. The zero-order valence-corrected chi connectivity index (χ0v) is 10.9. The number of carbonyl (C=O) groups excluding carboxylic acids is 1. The lowest BCUT2D eigenvalue weighted by Crippen LogP contribution is -2.49. The van der Waals surface area contributed by atoms with Gasteiger partial charge in [0.2, 0.25) is 0 Å². The summed E-state index contributed by atoms with van der Waals surface area (Å²) in [5.41, 5.74) is -0.692. The molecule has 0 aromatic heterocycles. The highest BCUT2D eigenvalue weighted by molar-refractivity contribution is 5.65. The Bertz CT molecular complexity index is 260. The fraction of sp³-hybridized carbons (Fsp3) is 0.923. The highest BCUT2D eigenvalue weighted by Gasteiger charge is 2.45. The number of hydrogen-bond acceptors (Lipinski definition) is 3. The van der Waals surface area contributed by atoms with Crippen molar-refractivity contribution in [1.29, 1.82) is 0 Å². The molecule has 3 nitrogen and oxygen atoms in total. The Kier molecular flexibility index (Phi) is 4.00. The predicted octanol–water partition coefficient (Wildman–Crippen LogP) is 2.52. The average molecular weight is 228 g/mol. The standard InChI is InChI=1S/C13H24O3/c1-5-11-6-7-12(3,4)8-13(11,15)9-16-10(2)14/h11,15H,5-9H2,1-4H3/t11-,13?/m1/s1. The van der Waals surface area contributed by atoms with Crippen LogP contribution in [0, 0.1) is 11.3 Å². The molecule has 1 unspecified atom stereocenters. The Balaban J connectivity index is 2.72. The fourth-order valence-electron chi connectivity index (χ4n) is 2.87. The van der Waals surface area contributed by atoms with E-state index in [4.69, 9.17) is 4.74 Å². The van der Waals surface area contributed by atoms with Crippen LogP contribution in [-0.2, 0) is 9.53 Å². The van der Waals surface area contributed by atoms with Crippen LogP contribution in [0.4, 0.5) is 0 Å². The fourth-order valence-corrected chi connectivity index (χ4v) is 2.87. The molecule has 0 spiro atoms. The minimum atomic E-state index is -0.831. The summed E-state index contributed by atoms with van der Waals surface area (Å²) in [4.78, 5) is 10.9. The summed E-state index contributed by atoms with van der Waals surface area (Å²) in [6, 6.07) is 0. The van der Waals surface area contributed by atoms with Gasteiger partial charge in [0, 0.05) is 6.92 Å². The van der Waals surface area contributed by atoms with E-state index in [9.17, 15) is 9.90 Å². The lowest BCUT2D eigenvalue weighted by Gasteiger charge is -2.46. The molecule has 16 heavy (non-hydrogen) atoms. The van der Waals surface area contributed by atoms with Crippen LogP contribution in [0.2, 0.25) is 0 Å². The molecule has 1 aliphatic rings. The van der Waals surface area contributed by atoms with Crippen LogP contribution in [0.25, 0.3) is 0 Å². The van der Waals surface area contributed by atoms with E-state index in [1.807, 2.05) is 0 Å². The smallest absolute Gasteiger partial charge is 0.302 e. The van der Waals surface area contributed by atoms with Crippen molar-refractivity contribution in [1.82, 2.24) is 0 Å². The molecule has 0 aromatic carbocycles. The maximum Gasteiger partial charge on any atom is 0.302 e. The quantitative estimate of drug-likeness (QED) is 0.755. The Morgan fingerprint density at radius 3 is 2.62 bits per heavy atom. The van der Waals surface area contributed by atoms with Crippen molar-refractivity contribution in [3.8, 4) is 0 Å². The summed E-state index contributed by atoms with van der Waals surface area (Å²) in [6.45, 7) is 7.94. The highest BCUT2D eigenvalue weighted by Crippen LogP contribution is 2.45. The second-order valence-corrected chi connectivity index (χ2v) is 5.87. The first-order valence-electron chi connectivity index (χ1n) is 6.15. The number of aliphatic hydroxyl groups is 1. The lowest BCUT2D eigenvalue weighted by molar-refractivity contribution is -0.162. The monoisotopic (exact) mass is 228 g/mol. The third kappa shape index (κ3) is 3.21. The van der Waals surface area contributed by atoms with E-state index in [0.29, 0.717) is 6.42 Å². The van der Waals surface area contributed by atoms with Gasteiger partial charge in [0.15, 0.2) is 0 Å². The topological polar surface area (TPSA) is 46.5 Å². The summed E-state index contributed by atoms with van der Waals surface area (Å²) >= 11 is 0. The zero-order chi connectivity index (χ0) is 12.4. The molecule has 0 amide bonds. The van der Waals surface area contributed by atoms with E-state index in [1.165, 1.54) is 6.92 Å². The van der Waals surface area contributed by atoms with Crippen LogP contribution in [0.5, 0.6) is 0 Å². The van der Waals surface area contributed by atoms with Crippen molar-refractivity contribution >= 4 is 5.97 Å². The van der Waals surface area contributed by atoms with Crippen molar-refractivity contribution in [2.24, 2.45) is 11.3 Å². The van der Waals surface area contributed by atoms with Crippen LogP contribution in [0.15, 0.2) is 0 Å². The molecule has 2 atom stereocenters. The van der Waals surface area contributed by atoms with Crippen LogP contribution in [-0.4, -0.2) is 23.3 Å². The second-order valence-electron chi connectivity index (χ2n) is 5.87. The first-order chi connectivity index (χ1) is 7.29. The van der Waals surface area contributed by atoms with Crippen LogP contribution >= 0.6 is 0 Å². The predicted molar refractivity (Wildman–Crippen MR) is 63.0 cm³/mol. The molecular formula is C13H24O3. The molecule has 0 aliphatic heterocycles. The lowest BCUT2D eigenvalue weighted by atomic mass is 9.64. The van der Waals surface area contributed by atoms with Gasteiger partial charge in [0.25, 0.3) is 0 Å². The highest BCUT2D eigenvalue weighted by atomic mass is 16.5. The van der Waals surface area contributed by atoms with E-state index in [1.54, 1.807) is 0 Å². The minimum absolute atomic E-state index is 0.139. The number of ether oxygens (including phenoxy) is 1. The van der Waals surface area contributed by atoms with Gasteiger partial charge in [-0.2, -0.15) is 0 Å². The molecular weight excluding hydrogens is 204 g/mol. The third-order valence-corrected chi connectivity index (χ3v) is 3.73. The first-order valence-corrected chi connectivity index (χ1v) is 6.15. The van der Waals surface area contributed by atoms with E-state index >= 15 is 0 Å². The zero-order valence-electron chi connectivity index (χ0n) is 10.9. The normalized spacial score (nSPS) is 33.4. The van der Waals surface area contributed by atoms with Crippen molar-refractivity contribution in [2.75, 3.05) is 6.61 Å². The van der Waals surface area contributed by atoms with E-state index in [-0.39, 0.29) is 23.9 Å². The molecule has 0 radical (unpaired) electrons. The van der Waals surface area contributed by atoms with Gasteiger partial charge in [0.05, 0.1) is 0 Å². The van der Waals surface area contributed by atoms with Gasteiger partial charge < -0.3 is 9.84 Å². The maximum atomic E-state index is 10.9. The summed E-state index contributed by atoms with van der Waals surface area (Å²) in [6.07, 6.45) is 3.80. The molecule has 1 fully saturated rings. The number of esters is 1. The van der Waals surface area contributed by atoms with Crippen molar-refractivity contribution in [3.05, 3.63) is 0 Å². The van der Waals surface area contributed by atoms with Crippen LogP contribution < -0.4 is 0 Å². The summed E-state index contributed by atoms with van der Waals surface area (Å²) < 4.78 is 5.02. The van der Waals surface area contributed by atoms with Crippen LogP contribution in [0.1, 0.15) is 53.4 Å². The number of hydrogen-bond donors (Lipinski definition) is 1. The Hall–Kier alpha value is -0.570. The van der Waals surface area contributed by atoms with E-state index in [0.717, 1.165) is 19.3 Å². The van der Waals surface area contributed by atoms with Crippen molar-refractivity contribution in [3.63, 3.8) is 0 Å². The molecule has 1 N–H and O–H groups in total. The van der Waals surface area contributed by atoms with Gasteiger partial charge in [-0.05, 0) is 30.6 Å². The third-order valence-electron chi connectivity index (χ3n) is 3.73. The summed E-state index contributed by atoms with van der Waals surface area (Å²) in [5.74, 6) is -0.0634. The largest absolute Gasteiger partial charge is 0.463 e. The Morgan fingerprint density at radius 2 is 2.12 bits per heavy atom.